The highest BCUT2D eigenvalue weighted by molar-refractivity contribution is 7.92. The molecule has 0 aromatic heterocycles. The van der Waals surface area contributed by atoms with E-state index in [1.807, 2.05) is 30.3 Å². The summed E-state index contributed by atoms with van der Waals surface area (Å²) < 4.78 is 33.3. The fourth-order valence-electron chi connectivity index (χ4n) is 2.23. The van der Waals surface area contributed by atoms with Crippen molar-refractivity contribution >= 4 is 27.3 Å². The molecular weight excluding hydrogens is 358 g/mol. The van der Waals surface area contributed by atoms with Gasteiger partial charge < -0.3 is 4.74 Å². The molecule has 4 nitrogen and oxygen atoms in total. The number of hydrogen-bond acceptors (Lipinski definition) is 3. The first-order valence-electron chi connectivity index (χ1n) is 7.56. The van der Waals surface area contributed by atoms with Crippen molar-refractivity contribution in [2.45, 2.75) is 11.8 Å². The van der Waals surface area contributed by atoms with E-state index < -0.39 is 10.0 Å². The molecule has 0 atom stereocenters. The van der Waals surface area contributed by atoms with Gasteiger partial charge in [0.05, 0.1) is 10.6 Å². The van der Waals surface area contributed by atoms with Gasteiger partial charge in [0.15, 0.2) is 0 Å². The average Bonchev–Trinajstić information content (AvgIpc) is 2.60. The van der Waals surface area contributed by atoms with Gasteiger partial charge in [-0.2, -0.15) is 0 Å². The zero-order valence-corrected chi connectivity index (χ0v) is 15.0. The van der Waals surface area contributed by atoms with E-state index in [0.29, 0.717) is 27.8 Å². The molecule has 6 heteroatoms. The van der Waals surface area contributed by atoms with E-state index in [9.17, 15) is 8.42 Å². The number of rotatable bonds is 5. The maximum atomic E-state index is 12.5. The fraction of sp³-hybridized carbons (Fsp3) is 0.0526. The lowest BCUT2D eigenvalue weighted by Gasteiger charge is -2.12. The number of sulfonamides is 1. The number of hydrogen-bond donors (Lipinski definition) is 1. The van der Waals surface area contributed by atoms with Crippen LogP contribution >= 0.6 is 11.6 Å². The van der Waals surface area contributed by atoms with Crippen LogP contribution in [0.2, 0.25) is 5.02 Å². The van der Waals surface area contributed by atoms with Gasteiger partial charge in [-0.05, 0) is 61.0 Å². The fourth-order valence-corrected chi connectivity index (χ4v) is 3.53. The Morgan fingerprint density at radius 1 is 0.840 bits per heavy atom. The second-order valence-corrected chi connectivity index (χ2v) is 7.49. The summed E-state index contributed by atoms with van der Waals surface area (Å²) in [5.41, 5.74) is 1.13. The number of ether oxygens (including phenoxy) is 1. The van der Waals surface area contributed by atoms with Gasteiger partial charge in [0, 0.05) is 5.02 Å². The third kappa shape index (κ3) is 4.13. The van der Waals surface area contributed by atoms with Crippen molar-refractivity contribution in [3.05, 3.63) is 83.4 Å². The monoisotopic (exact) mass is 373 g/mol. The lowest BCUT2D eigenvalue weighted by atomic mass is 10.2. The Bertz CT molecular complexity index is 971. The lowest BCUT2D eigenvalue weighted by molar-refractivity contribution is 0.482. The predicted octanol–water partition coefficient (Wildman–Crippen LogP) is 5.24. The molecule has 0 heterocycles. The molecular formula is C19H16ClNO3S. The summed E-state index contributed by atoms with van der Waals surface area (Å²) in [6.45, 7) is 1.76. The highest BCUT2D eigenvalue weighted by Gasteiger charge is 2.16. The van der Waals surface area contributed by atoms with Crippen molar-refractivity contribution in [1.29, 1.82) is 0 Å². The van der Waals surface area contributed by atoms with Crippen molar-refractivity contribution in [2.75, 3.05) is 4.72 Å². The molecule has 3 aromatic carbocycles. The van der Waals surface area contributed by atoms with Crippen LogP contribution in [-0.2, 0) is 10.0 Å². The van der Waals surface area contributed by atoms with Crippen molar-refractivity contribution in [1.82, 2.24) is 0 Å². The number of benzene rings is 3. The zero-order valence-electron chi connectivity index (χ0n) is 13.4. The number of anilines is 1. The van der Waals surface area contributed by atoms with Crippen LogP contribution in [0.3, 0.4) is 0 Å². The number of nitrogens with one attached hydrogen (secondary N) is 1. The van der Waals surface area contributed by atoms with Crippen LogP contribution in [0.1, 0.15) is 5.56 Å². The predicted molar refractivity (Wildman–Crippen MR) is 100.0 cm³/mol. The molecule has 1 N–H and O–H groups in total. The van der Waals surface area contributed by atoms with E-state index in [0.717, 1.165) is 0 Å². The van der Waals surface area contributed by atoms with Crippen LogP contribution in [0.15, 0.2) is 77.7 Å². The second kappa shape index (κ2) is 7.17. The Morgan fingerprint density at radius 2 is 1.48 bits per heavy atom. The zero-order chi connectivity index (χ0) is 17.9. The summed E-state index contributed by atoms with van der Waals surface area (Å²) in [4.78, 5) is 0.146. The molecule has 0 aliphatic heterocycles. The van der Waals surface area contributed by atoms with Crippen LogP contribution < -0.4 is 9.46 Å². The maximum Gasteiger partial charge on any atom is 0.261 e. The summed E-state index contributed by atoms with van der Waals surface area (Å²) >= 11 is 6.04. The molecule has 0 radical (unpaired) electrons. The van der Waals surface area contributed by atoms with E-state index in [4.69, 9.17) is 16.3 Å². The Morgan fingerprint density at radius 3 is 2.16 bits per heavy atom. The quantitative estimate of drug-likeness (QED) is 0.665. The molecule has 25 heavy (non-hydrogen) atoms. The van der Waals surface area contributed by atoms with Gasteiger partial charge in [-0.25, -0.2) is 8.42 Å². The van der Waals surface area contributed by atoms with Crippen molar-refractivity contribution < 1.29 is 13.2 Å². The summed E-state index contributed by atoms with van der Waals surface area (Å²) in [5.74, 6) is 1.25. The summed E-state index contributed by atoms with van der Waals surface area (Å²) in [7, 11) is -3.71. The largest absolute Gasteiger partial charge is 0.457 e. The SMILES string of the molecule is Cc1c(Cl)cccc1NS(=O)(=O)c1ccc(Oc2ccccc2)cc1. The minimum Gasteiger partial charge on any atom is -0.457 e. The molecule has 0 fully saturated rings. The van der Waals surface area contributed by atoms with Crippen LogP contribution in [0.25, 0.3) is 0 Å². The third-order valence-electron chi connectivity index (χ3n) is 3.62. The Kier molecular flexibility index (Phi) is 4.97. The first-order valence-corrected chi connectivity index (χ1v) is 9.43. The molecule has 0 amide bonds. The van der Waals surface area contributed by atoms with Gasteiger partial charge >= 0.3 is 0 Å². The van der Waals surface area contributed by atoms with E-state index in [1.54, 1.807) is 37.3 Å². The molecule has 0 aliphatic rings. The Balaban J connectivity index is 1.80. The van der Waals surface area contributed by atoms with Crippen molar-refractivity contribution in [3.8, 4) is 11.5 Å². The minimum atomic E-state index is -3.71. The molecule has 0 unspecified atom stereocenters. The topological polar surface area (TPSA) is 55.4 Å². The van der Waals surface area contributed by atoms with Gasteiger partial charge in [0.1, 0.15) is 11.5 Å². The van der Waals surface area contributed by atoms with E-state index in [2.05, 4.69) is 4.72 Å². The summed E-state index contributed by atoms with van der Waals surface area (Å²) in [5, 5.41) is 0.506. The van der Waals surface area contributed by atoms with Crippen LogP contribution in [0.5, 0.6) is 11.5 Å². The molecule has 3 aromatic rings. The normalized spacial score (nSPS) is 11.1. The second-order valence-electron chi connectivity index (χ2n) is 5.40. The molecule has 3 rings (SSSR count). The third-order valence-corrected chi connectivity index (χ3v) is 5.42. The van der Waals surface area contributed by atoms with E-state index >= 15 is 0 Å². The van der Waals surface area contributed by atoms with Gasteiger partial charge in [-0.1, -0.05) is 35.9 Å². The van der Waals surface area contributed by atoms with Crippen LogP contribution in [0.4, 0.5) is 5.69 Å². The minimum absolute atomic E-state index is 0.146. The standard InChI is InChI=1S/C19H16ClNO3S/c1-14-18(20)8-5-9-19(14)21-25(22,23)17-12-10-16(11-13-17)24-15-6-3-2-4-7-15/h2-13,21H,1H3. The molecule has 0 bridgehead atoms. The highest BCUT2D eigenvalue weighted by atomic mass is 35.5. The molecule has 128 valence electrons. The molecule has 0 saturated carbocycles. The number of para-hydroxylation sites is 1. The Hall–Kier alpha value is -2.50. The molecule has 0 spiro atoms. The number of halogens is 1. The van der Waals surface area contributed by atoms with Crippen molar-refractivity contribution in [3.63, 3.8) is 0 Å². The van der Waals surface area contributed by atoms with Gasteiger partial charge in [0.2, 0.25) is 0 Å². The first kappa shape index (κ1) is 17.3. The molecule has 0 saturated heterocycles. The smallest absolute Gasteiger partial charge is 0.261 e. The van der Waals surface area contributed by atoms with E-state index in [-0.39, 0.29) is 4.90 Å². The van der Waals surface area contributed by atoms with Gasteiger partial charge in [-0.15, -0.1) is 0 Å². The molecule has 0 aliphatic carbocycles. The average molecular weight is 374 g/mol. The van der Waals surface area contributed by atoms with Gasteiger partial charge in [-0.3, -0.25) is 4.72 Å². The maximum absolute atomic E-state index is 12.5. The lowest BCUT2D eigenvalue weighted by Crippen LogP contribution is -2.13. The highest BCUT2D eigenvalue weighted by Crippen LogP contribution is 2.27. The van der Waals surface area contributed by atoms with Crippen molar-refractivity contribution in [2.24, 2.45) is 0 Å². The first-order chi connectivity index (χ1) is 12.0. The Labute approximate surface area is 152 Å². The summed E-state index contributed by atoms with van der Waals surface area (Å²) in [6, 6.07) is 20.6. The van der Waals surface area contributed by atoms with Gasteiger partial charge in [0.25, 0.3) is 10.0 Å². The van der Waals surface area contributed by atoms with Crippen LogP contribution in [0, 0.1) is 6.92 Å². The van der Waals surface area contributed by atoms with Crippen LogP contribution in [-0.4, -0.2) is 8.42 Å². The summed E-state index contributed by atoms with van der Waals surface area (Å²) in [6.07, 6.45) is 0. The van der Waals surface area contributed by atoms with E-state index in [1.165, 1.54) is 12.1 Å².